The predicted octanol–water partition coefficient (Wildman–Crippen LogP) is 4.04. The Labute approximate surface area is 101 Å². The van der Waals surface area contributed by atoms with Crippen LogP contribution in [0.25, 0.3) is 0 Å². The molecule has 1 aromatic rings. The molecule has 76 valence electrons. The van der Waals surface area contributed by atoms with Gasteiger partial charge < -0.3 is 0 Å². The first-order valence-electron chi connectivity index (χ1n) is 4.04. The highest BCUT2D eigenvalue weighted by atomic mass is 79.9. The van der Waals surface area contributed by atoms with E-state index >= 15 is 0 Å². The van der Waals surface area contributed by atoms with E-state index in [0.717, 1.165) is 14.9 Å². The number of Topliss-reactive ketones (excluding diaryl/α,β-unsaturated/α-hetero) is 1. The maximum Gasteiger partial charge on any atom is 0.152 e. The molecule has 1 rings (SSSR count). The lowest BCUT2D eigenvalue weighted by molar-refractivity contribution is -0.116. The summed E-state index contributed by atoms with van der Waals surface area (Å²) in [6.07, 6.45) is 1.97. The summed E-state index contributed by atoms with van der Waals surface area (Å²) in [6, 6.07) is 5.80. The topological polar surface area (TPSA) is 17.1 Å². The lowest BCUT2D eigenvalue weighted by atomic mass is 10.1. The first-order chi connectivity index (χ1) is 6.56. The van der Waals surface area contributed by atoms with E-state index in [1.807, 2.05) is 24.5 Å². The van der Waals surface area contributed by atoms with Gasteiger partial charge in [0.2, 0.25) is 0 Å². The Hall–Kier alpha value is 0.01000. The molecule has 0 fully saturated rings. The number of carbonyl (C=O) groups is 1. The van der Waals surface area contributed by atoms with Crippen molar-refractivity contribution >= 4 is 45.1 Å². The number of carbonyl (C=O) groups excluding carboxylic acids is 1. The van der Waals surface area contributed by atoms with Gasteiger partial charge in [-0.3, -0.25) is 4.79 Å². The fourth-order valence-electron chi connectivity index (χ4n) is 1.12. The zero-order valence-corrected chi connectivity index (χ0v) is 11.0. The second kappa shape index (κ2) is 5.19. The van der Waals surface area contributed by atoms with Crippen molar-refractivity contribution in [2.24, 2.45) is 0 Å². The summed E-state index contributed by atoms with van der Waals surface area (Å²) in [5.74, 6) is -0.0277. The molecule has 0 aromatic heterocycles. The number of rotatable bonds is 3. The third-order valence-electron chi connectivity index (χ3n) is 1.82. The molecule has 0 N–H and O–H groups in total. The molecule has 1 atom stereocenters. The van der Waals surface area contributed by atoms with Crippen molar-refractivity contribution in [2.75, 3.05) is 6.26 Å². The fraction of sp³-hybridized carbons (Fsp3) is 0.300. The summed E-state index contributed by atoms with van der Waals surface area (Å²) in [5, 5.41) is -0.546. The number of hydrogen-bond donors (Lipinski definition) is 0. The van der Waals surface area contributed by atoms with Crippen molar-refractivity contribution in [1.82, 2.24) is 0 Å². The highest BCUT2D eigenvalue weighted by Gasteiger charge is 2.16. The van der Waals surface area contributed by atoms with Gasteiger partial charge in [-0.15, -0.1) is 23.4 Å². The Balaban J connectivity index is 3.16. The summed E-state index contributed by atoms with van der Waals surface area (Å²) >= 11 is 11.0. The smallest absolute Gasteiger partial charge is 0.152 e. The molecule has 0 aliphatic heterocycles. The number of alkyl halides is 1. The van der Waals surface area contributed by atoms with Gasteiger partial charge in [0.05, 0.1) is 0 Å². The first kappa shape index (κ1) is 12.1. The van der Waals surface area contributed by atoms with Gasteiger partial charge in [-0.1, -0.05) is 15.9 Å². The van der Waals surface area contributed by atoms with Gasteiger partial charge >= 0.3 is 0 Å². The van der Waals surface area contributed by atoms with Gasteiger partial charge in [-0.25, -0.2) is 0 Å². The zero-order valence-electron chi connectivity index (χ0n) is 7.88. The van der Waals surface area contributed by atoms with Crippen LogP contribution in [0.5, 0.6) is 0 Å². The summed E-state index contributed by atoms with van der Waals surface area (Å²) in [4.78, 5) is 12.2. The van der Waals surface area contributed by atoms with Crippen molar-refractivity contribution in [3.63, 3.8) is 0 Å². The minimum absolute atomic E-state index is 0.0277. The monoisotopic (exact) mass is 292 g/mol. The predicted molar refractivity (Wildman–Crippen MR) is 65.2 cm³/mol. The zero-order chi connectivity index (χ0) is 10.7. The molecule has 0 radical (unpaired) electrons. The number of halogens is 2. The highest BCUT2D eigenvalue weighted by Crippen LogP contribution is 2.32. The van der Waals surface area contributed by atoms with Crippen LogP contribution in [0.15, 0.2) is 27.6 Å². The minimum Gasteiger partial charge on any atom is -0.298 e. The van der Waals surface area contributed by atoms with Gasteiger partial charge in [-0.05, 0) is 36.9 Å². The van der Waals surface area contributed by atoms with E-state index < -0.39 is 5.38 Å². The van der Waals surface area contributed by atoms with Crippen molar-refractivity contribution in [2.45, 2.75) is 17.2 Å². The van der Waals surface area contributed by atoms with Crippen LogP contribution in [0.4, 0.5) is 0 Å². The summed E-state index contributed by atoms with van der Waals surface area (Å²) in [7, 11) is 0. The lowest BCUT2D eigenvalue weighted by Gasteiger charge is -2.11. The minimum atomic E-state index is -0.546. The maximum absolute atomic E-state index is 11.2. The summed E-state index contributed by atoms with van der Waals surface area (Å²) < 4.78 is 0.942. The van der Waals surface area contributed by atoms with Gasteiger partial charge in [0.1, 0.15) is 5.38 Å². The molecule has 0 spiro atoms. The van der Waals surface area contributed by atoms with E-state index in [-0.39, 0.29) is 5.78 Å². The van der Waals surface area contributed by atoms with Crippen LogP contribution in [0.3, 0.4) is 0 Å². The van der Waals surface area contributed by atoms with Crippen LogP contribution in [-0.2, 0) is 4.79 Å². The molecule has 0 aliphatic carbocycles. The first-order valence-corrected chi connectivity index (χ1v) is 6.49. The van der Waals surface area contributed by atoms with Crippen LogP contribution in [-0.4, -0.2) is 12.0 Å². The Kier molecular flexibility index (Phi) is 4.48. The van der Waals surface area contributed by atoms with Gasteiger partial charge in [-0.2, -0.15) is 0 Å². The third kappa shape index (κ3) is 2.75. The molecular weight excluding hydrogens is 284 g/mol. The lowest BCUT2D eigenvalue weighted by Crippen LogP contribution is -2.02. The van der Waals surface area contributed by atoms with Crippen LogP contribution < -0.4 is 0 Å². The molecule has 0 bridgehead atoms. The molecule has 0 amide bonds. The fourth-order valence-corrected chi connectivity index (χ4v) is 2.36. The molecule has 4 heteroatoms. The van der Waals surface area contributed by atoms with E-state index in [0.29, 0.717) is 0 Å². The van der Waals surface area contributed by atoms with Crippen molar-refractivity contribution in [3.05, 3.63) is 28.2 Å². The number of hydrogen-bond acceptors (Lipinski definition) is 2. The van der Waals surface area contributed by atoms with Gasteiger partial charge in [0.25, 0.3) is 0 Å². The molecular formula is C10H10BrClOS. The van der Waals surface area contributed by atoms with Crippen LogP contribution in [0.2, 0.25) is 0 Å². The molecule has 1 aromatic carbocycles. The van der Waals surface area contributed by atoms with E-state index in [2.05, 4.69) is 15.9 Å². The summed E-state index contributed by atoms with van der Waals surface area (Å²) in [6.45, 7) is 1.50. The van der Waals surface area contributed by atoms with E-state index in [9.17, 15) is 4.79 Å². The normalized spacial score (nSPS) is 12.6. The number of ketones is 1. The standard InChI is InChI=1S/C10H10BrClOS/c1-6(13)10(12)8-5-7(11)3-4-9(8)14-2/h3-5,10H,1-2H3. The van der Waals surface area contributed by atoms with Gasteiger partial charge in [0, 0.05) is 9.37 Å². The van der Waals surface area contributed by atoms with Crippen LogP contribution in [0, 0.1) is 0 Å². The number of thioether (sulfide) groups is 1. The quantitative estimate of drug-likeness (QED) is 0.618. The average Bonchev–Trinajstić information content (AvgIpc) is 2.16. The summed E-state index contributed by atoms with van der Waals surface area (Å²) in [5.41, 5.74) is 0.876. The molecule has 0 saturated heterocycles. The Bertz CT molecular complexity index is 354. The van der Waals surface area contributed by atoms with E-state index in [1.54, 1.807) is 11.8 Å². The SMILES string of the molecule is CSc1ccc(Br)cc1C(Cl)C(C)=O. The molecule has 0 heterocycles. The molecule has 1 nitrogen and oxygen atoms in total. The maximum atomic E-state index is 11.2. The largest absolute Gasteiger partial charge is 0.298 e. The molecule has 1 unspecified atom stereocenters. The Morgan fingerprint density at radius 3 is 2.71 bits per heavy atom. The average molecular weight is 294 g/mol. The second-order valence-corrected chi connectivity index (χ2v) is 5.06. The van der Waals surface area contributed by atoms with Gasteiger partial charge in [0.15, 0.2) is 5.78 Å². The van der Waals surface area contributed by atoms with E-state index in [4.69, 9.17) is 11.6 Å². The van der Waals surface area contributed by atoms with E-state index in [1.165, 1.54) is 6.92 Å². The van der Waals surface area contributed by atoms with Crippen molar-refractivity contribution in [3.8, 4) is 0 Å². The molecule has 14 heavy (non-hydrogen) atoms. The Morgan fingerprint density at radius 2 is 2.21 bits per heavy atom. The number of benzene rings is 1. The Morgan fingerprint density at radius 1 is 1.57 bits per heavy atom. The van der Waals surface area contributed by atoms with Crippen LogP contribution in [0.1, 0.15) is 17.9 Å². The molecule has 0 aliphatic rings. The second-order valence-electron chi connectivity index (χ2n) is 2.86. The highest BCUT2D eigenvalue weighted by molar-refractivity contribution is 9.10. The third-order valence-corrected chi connectivity index (χ3v) is 3.67. The molecule has 0 saturated carbocycles. The van der Waals surface area contributed by atoms with Crippen molar-refractivity contribution < 1.29 is 4.79 Å². The van der Waals surface area contributed by atoms with Crippen LogP contribution >= 0.6 is 39.3 Å². The van der Waals surface area contributed by atoms with Crippen molar-refractivity contribution in [1.29, 1.82) is 0 Å².